The highest BCUT2D eigenvalue weighted by atomic mass is 19.1. The molecule has 10 heteroatoms. The van der Waals surface area contributed by atoms with E-state index in [9.17, 15) is 9.60 Å². The zero-order chi connectivity index (χ0) is 24.7. The number of hydrogen-bond acceptors (Lipinski definition) is 8. The molecule has 0 radical (unpaired) electrons. The van der Waals surface area contributed by atoms with Crippen LogP contribution in [0.2, 0.25) is 0 Å². The molecule has 178 valence electrons. The number of hydrazine groups is 1. The van der Waals surface area contributed by atoms with Crippen molar-refractivity contribution in [1.29, 1.82) is 0 Å². The van der Waals surface area contributed by atoms with E-state index in [0.717, 1.165) is 33.7 Å². The van der Waals surface area contributed by atoms with Gasteiger partial charge in [0.25, 0.3) is 5.96 Å². The van der Waals surface area contributed by atoms with Crippen LogP contribution in [0.15, 0.2) is 65.8 Å². The van der Waals surface area contributed by atoms with Crippen molar-refractivity contribution in [2.24, 2.45) is 10.7 Å². The van der Waals surface area contributed by atoms with Gasteiger partial charge in [-0.1, -0.05) is 30.3 Å². The fraction of sp³-hybridized carbons (Fsp3) is 0.200. The Morgan fingerprint density at radius 3 is 2.57 bits per heavy atom. The summed E-state index contributed by atoms with van der Waals surface area (Å²) in [5, 5.41) is 15.3. The maximum atomic E-state index is 13.7. The van der Waals surface area contributed by atoms with Gasteiger partial charge in [0.1, 0.15) is 23.8 Å². The molecule has 35 heavy (non-hydrogen) atoms. The number of pyridine rings is 2. The van der Waals surface area contributed by atoms with Gasteiger partial charge in [-0.05, 0) is 36.8 Å². The molecule has 0 atom stereocenters. The predicted octanol–water partition coefficient (Wildman–Crippen LogP) is 2.79. The summed E-state index contributed by atoms with van der Waals surface area (Å²) >= 11 is 0. The lowest BCUT2D eigenvalue weighted by atomic mass is 9.97. The quantitative estimate of drug-likeness (QED) is 0.450. The predicted molar refractivity (Wildman–Crippen MR) is 133 cm³/mol. The van der Waals surface area contributed by atoms with Crippen LogP contribution >= 0.6 is 0 Å². The molecule has 0 amide bonds. The van der Waals surface area contributed by atoms with Gasteiger partial charge in [-0.2, -0.15) is 19.7 Å². The first-order valence-corrected chi connectivity index (χ1v) is 11.1. The van der Waals surface area contributed by atoms with E-state index in [0.29, 0.717) is 22.8 Å². The lowest BCUT2D eigenvalue weighted by Crippen LogP contribution is -2.44. The number of nitrogens with two attached hydrogens (primary N) is 1. The Labute approximate surface area is 202 Å². The second-order valence-electron chi connectivity index (χ2n) is 8.61. The summed E-state index contributed by atoms with van der Waals surface area (Å²) in [4.78, 5) is 17.9. The number of amidine groups is 1. The molecule has 0 bridgehead atoms. The van der Waals surface area contributed by atoms with Crippen molar-refractivity contribution in [2.75, 3.05) is 25.7 Å². The number of anilines is 1. The van der Waals surface area contributed by atoms with E-state index in [4.69, 9.17) is 10.7 Å². The molecule has 1 aromatic carbocycles. The normalized spacial score (nSPS) is 15.5. The van der Waals surface area contributed by atoms with Crippen molar-refractivity contribution in [1.82, 2.24) is 19.9 Å². The molecule has 2 aromatic heterocycles. The number of aryl methyl sites for hydroxylation is 1. The third-order valence-electron chi connectivity index (χ3n) is 5.83. The monoisotopic (exact) mass is 472 g/mol. The smallest absolute Gasteiger partial charge is 0.318 e. The van der Waals surface area contributed by atoms with Gasteiger partial charge in [-0.15, -0.1) is 0 Å². The SMILES string of the molecule is Cc1cc(C2=C(c3ccccc3)N=C(N)N3CN(Cc4ccc(F)cn4)[N+]([O-])=C23)cc(N(C)C)n1. The van der Waals surface area contributed by atoms with Crippen molar-refractivity contribution < 1.29 is 9.24 Å². The number of benzene rings is 1. The summed E-state index contributed by atoms with van der Waals surface area (Å²) in [6, 6.07) is 16.4. The van der Waals surface area contributed by atoms with Crippen LogP contribution in [0, 0.1) is 17.9 Å². The van der Waals surface area contributed by atoms with Crippen LogP contribution in [-0.4, -0.2) is 57.3 Å². The fourth-order valence-corrected chi connectivity index (χ4v) is 4.17. The number of guanidine groups is 1. The molecule has 2 N–H and O–H groups in total. The van der Waals surface area contributed by atoms with Gasteiger partial charge < -0.3 is 15.8 Å². The summed E-state index contributed by atoms with van der Waals surface area (Å²) in [6.07, 6.45) is 1.14. The highest BCUT2D eigenvalue weighted by Gasteiger charge is 2.44. The van der Waals surface area contributed by atoms with Crippen LogP contribution in [0.1, 0.15) is 22.5 Å². The summed E-state index contributed by atoms with van der Waals surface area (Å²) in [6.45, 7) is 2.28. The van der Waals surface area contributed by atoms with Gasteiger partial charge in [-0.25, -0.2) is 9.37 Å². The van der Waals surface area contributed by atoms with Crippen molar-refractivity contribution in [3.63, 3.8) is 0 Å². The average molecular weight is 473 g/mol. The maximum Gasteiger partial charge on any atom is 0.318 e. The molecule has 0 unspecified atom stereocenters. The highest BCUT2D eigenvalue weighted by molar-refractivity contribution is 6.33. The zero-order valence-electron chi connectivity index (χ0n) is 19.7. The second-order valence-corrected chi connectivity index (χ2v) is 8.61. The number of fused-ring (bicyclic) bond motifs is 1. The maximum absolute atomic E-state index is 13.7. The summed E-state index contributed by atoms with van der Waals surface area (Å²) < 4.78 is 13.3. The summed E-state index contributed by atoms with van der Waals surface area (Å²) in [5.41, 5.74) is 10.7. The van der Waals surface area contributed by atoms with Crippen molar-refractivity contribution in [3.05, 3.63) is 94.3 Å². The van der Waals surface area contributed by atoms with Gasteiger partial charge in [0.15, 0.2) is 6.67 Å². The van der Waals surface area contributed by atoms with Gasteiger partial charge in [0, 0.05) is 25.4 Å². The van der Waals surface area contributed by atoms with Gasteiger partial charge in [-0.3, -0.25) is 4.98 Å². The lowest BCUT2D eigenvalue weighted by Gasteiger charge is -2.22. The van der Waals surface area contributed by atoms with Crippen molar-refractivity contribution in [2.45, 2.75) is 13.5 Å². The topological polar surface area (TPSA) is 99.9 Å². The molecule has 3 aromatic rings. The van der Waals surface area contributed by atoms with E-state index < -0.39 is 5.82 Å². The number of aliphatic imine (C=N–C) groups is 1. The Bertz CT molecular complexity index is 1370. The van der Waals surface area contributed by atoms with E-state index in [1.807, 2.05) is 68.4 Å². The minimum Gasteiger partial charge on any atom is -0.692 e. The fourth-order valence-electron chi connectivity index (χ4n) is 4.17. The molecule has 0 fully saturated rings. The number of hydrogen-bond donors (Lipinski definition) is 1. The standard InChI is InChI=1S/C25H25FN8O/c1-16-11-18(12-21(29-16)31(2)3)22-23(17-7-5-4-6-8-17)30-25(27)33-15-32(34(35)24(22)33)14-20-10-9-19(26)13-28-20/h4-13H,14-15H2,1-3H3,(H2,27,30). The third kappa shape index (κ3) is 4.14. The van der Waals surface area contributed by atoms with Crippen LogP contribution in [-0.2, 0) is 6.54 Å². The largest absolute Gasteiger partial charge is 0.692 e. The van der Waals surface area contributed by atoms with E-state index in [1.165, 1.54) is 6.07 Å². The third-order valence-corrected chi connectivity index (χ3v) is 5.83. The van der Waals surface area contributed by atoms with E-state index in [-0.39, 0.29) is 19.2 Å². The minimum atomic E-state index is -0.431. The van der Waals surface area contributed by atoms with Crippen molar-refractivity contribution in [3.8, 4) is 0 Å². The van der Waals surface area contributed by atoms with Crippen LogP contribution in [0.4, 0.5) is 10.2 Å². The molecule has 4 heterocycles. The van der Waals surface area contributed by atoms with Gasteiger partial charge in [0.2, 0.25) is 0 Å². The summed E-state index contributed by atoms with van der Waals surface area (Å²) in [5.74, 6) is 0.919. The molecule has 2 aliphatic rings. The first kappa shape index (κ1) is 22.3. The lowest BCUT2D eigenvalue weighted by molar-refractivity contribution is -0.630. The molecule has 0 spiro atoms. The Morgan fingerprint density at radius 2 is 1.89 bits per heavy atom. The van der Waals surface area contributed by atoms with Crippen LogP contribution < -0.4 is 10.6 Å². The molecule has 0 aliphatic carbocycles. The first-order valence-electron chi connectivity index (χ1n) is 11.1. The molecular formula is C25H25FN8O. The Morgan fingerprint density at radius 1 is 1.11 bits per heavy atom. The Hall–Kier alpha value is -4.47. The van der Waals surface area contributed by atoms with Gasteiger partial charge >= 0.3 is 5.84 Å². The molecule has 9 nitrogen and oxygen atoms in total. The number of aromatic nitrogens is 2. The Balaban J connectivity index is 1.70. The number of halogens is 1. The molecular weight excluding hydrogens is 447 g/mol. The number of rotatable bonds is 5. The van der Waals surface area contributed by atoms with E-state index in [2.05, 4.69) is 9.97 Å². The zero-order valence-corrected chi connectivity index (χ0v) is 19.7. The first-order chi connectivity index (χ1) is 16.8. The van der Waals surface area contributed by atoms with Crippen LogP contribution in [0.25, 0.3) is 11.3 Å². The van der Waals surface area contributed by atoms with Crippen LogP contribution in [0.5, 0.6) is 0 Å². The van der Waals surface area contributed by atoms with E-state index >= 15 is 0 Å². The molecule has 2 aliphatic heterocycles. The van der Waals surface area contributed by atoms with Crippen molar-refractivity contribution >= 4 is 28.9 Å². The highest BCUT2D eigenvalue weighted by Crippen LogP contribution is 2.36. The second kappa shape index (κ2) is 8.71. The average Bonchev–Trinajstić information content (AvgIpc) is 3.17. The van der Waals surface area contributed by atoms with Crippen LogP contribution in [0.3, 0.4) is 0 Å². The minimum absolute atomic E-state index is 0.184. The van der Waals surface area contributed by atoms with Gasteiger partial charge in [0.05, 0.1) is 17.6 Å². The number of hydrazone groups is 1. The molecule has 0 saturated heterocycles. The summed E-state index contributed by atoms with van der Waals surface area (Å²) in [7, 11) is 3.84. The molecule has 5 rings (SSSR count). The number of nitrogens with zero attached hydrogens (tertiary/aromatic N) is 7. The Kier molecular flexibility index (Phi) is 5.56. The van der Waals surface area contributed by atoms with E-state index in [1.54, 1.807) is 16.0 Å². The molecule has 0 saturated carbocycles.